The molecule has 6 nitrogen and oxygen atoms in total. The highest BCUT2D eigenvalue weighted by Gasteiger charge is 2.44. The lowest BCUT2D eigenvalue weighted by Crippen LogP contribution is -2.42. The van der Waals surface area contributed by atoms with Crippen LogP contribution in [0, 0.1) is 24.5 Å². The Morgan fingerprint density at radius 2 is 1.56 bits per heavy atom. The van der Waals surface area contributed by atoms with Crippen LogP contribution >= 0.6 is 0 Å². The second kappa shape index (κ2) is 13.4. The maximum absolute atomic E-state index is 14.6. The number of halogens is 2. The van der Waals surface area contributed by atoms with E-state index in [2.05, 4.69) is 10.3 Å². The SMILES string of the molecule is C/N=C(/CCC(C(=O)N1C(=O)OC[C@@H]1c1ccccc1)C(Nc1ccc(F)cc1)c1ccc(C)cc1)c1ccc(F)cc1. The van der Waals surface area contributed by atoms with Crippen LogP contribution in [0.5, 0.6) is 0 Å². The molecule has 4 aromatic rings. The van der Waals surface area contributed by atoms with Gasteiger partial charge in [-0.3, -0.25) is 9.79 Å². The molecule has 4 aromatic carbocycles. The van der Waals surface area contributed by atoms with Gasteiger partial charge in [0.15, 0.2) is 0 Å². The number of rotatable bonds is 10. The van der Waals surface area contributed by atoms with Gasteiger partial charge in [-0.25, -0.2) is 18.5 Å². The Labute approximate surface area is 250 Å². The number of nitrogens with zero attached hydrogens (tertiary/aromatic N) is 2. The molecule has 0 spiro atoms. The molecule has 1 aliphatic rings. The number of benzene rings is 4. The van der Waals surface area contributed by atoms with Crippen molar-refractivity contribution in [1.82, 2.24) is 4.90 Å². The van der Waals surface area contributed by atoms with Crippen LogP contribution in [0.25, 0.3) is 0 Å². The second-order valence-electron chi connectivity index (χ2n) is 10.6. The van der Waals surface area contributed by atoms with Gasteiger partial charge in [-0.15, -0.1) is 0 Å². The summed E-state index contributed by atoms with van der Waals surface area (Å²) in [5, 5.41) is 3.45. The lowest BCUT2D eigenvalue weighted by atomic mass is 9.85. The van der Waals surface area contributed by atoms with E-state index in [1.54, 1.807) is 31.3 Å². The minimum atomic E-state index is -0.762. The zero-order valence-electron chi connectivity index (χ0n) is 24.0. The number of cyclic esters (lactones) is 1. The number of amides is 2. The van der Waals surface area contributed by atoms with E-state index in [-0.39, 0.29) is 18.2 Å². The molecule has 1 heterocycles. The first kappa shape index (κ1) is 29.6. The molecular formula is C35H33F2N3O3. The summed E-state index contributed by atoms with van der Waals surface area (Å²) in [6.45, 7) is 2.03. The smallest absolute Gasteiger partial charge is 0.417 e. The van der Waals surface area contributed by atoms with E-state index in [9.17, 15) is 18.4 Å². The molecule has 1 fully saturated rings. The molecule has 2 unspecified atom stereocenters. The molecule has 0 aromatic heterocycles. The molecule has 220 valence electrons. The number of hydrogen-bond acceptors (Lipinski definition) is 5. The van der Waals surface area contributed by atoms with Gasteiger partial charge >= 0.3 is 6.09 Å². The first-order valence-corrected chi connectivity index (χ1v) is 14.2. The van der Waals surface area contributed by atoms with Gasteiger partial charge in [-0.1, -0.05) is 72.3 Å². The third-order valence-electron chi connectivity index (χ3n) is 7.76. The van der Waals surface area contributed by atoms with Crippen LogP contribution in [0.3, 0.4) is 0 Å². The number of ether oxygens (including phenoxy) is 1. The van der Waals surface area contributed by atoms with E-state index in [4.69, 9.17) is 4.74 Å². The van der Waals surface area contributed by atoms with Crippen molar-refractivity contribution in [2.24, 2.45) is 10.9 Å². The van der Waals surface area contributed by atoms with Crippen LogP contribution < -0.4 is 5.32 Å². The first-order chi connectivity index (χ1) is 20.8. The van der Waals surface area contributed by atoms with Crippen LogP contribution in [0.1, 0.15) is 47.2 Å². The highest BCUT2D eigenvalue weighted by atomic mass is 19.1. The molecule has 0 saturated carbocycles. The second-order valence-corrected chi connectivity index (χ2v) is 10.6. The Kier molecular flexibility index (Phi) is 9.25. The minimum absolute atomic E-state index is 0.0547. The molecule has 0 bridgehead atoms. The van der Waals surface area contributed by atoms with E-state index in [0.717, 1.165) is 22.3 Å². The summed E-state index contributed by atoms with van der Waals surface area (Å²) in [5.74, 6) is -1.89. The minimum Gasteiger partial charge on any atom is -0.446 e. The Morgan fingerprint density at radius 3 is 2.19 bits per heavy atom. The maximum Gasteiger partial charge on any atom is 0.417 e. The highest BCUT2D eigenvalue weighted by Crippen LogP contribution is 2.37. The van der Waals surface area contributed by atoms with Gasteiger partial charge in [0.1, 0.15) is 24.3 Å². The summed E-state index contributed by atoms with van der Waals surface area (Å²) in [5.41, 5.74) is 4.74. The lowest BCUT2D eigenvalue weighted by molar-refractivity contribution is -0.134. The van der Waals surface area contributed by atoms with E-state index in [0.29, 0.717) is 24.2 Å². The number of carbonyl (C=O) groups is 2. The van der Waals surface area contributed by atoms with Crippen LogP contribution in [0.15, 0.2) is 108 Å². The molecule has 0 aliphatic carbocycles. The monoisotopic (exact) mass is 581 g/mol. The van der Waals surface area contributed by atoms with Crippen LogP contribution in [-0.2, 0) is 9.53 Å². The number of carbonyl (C=O) groups excluding carboxylic acids is 2. The fraction of sp³-hybridized carbons (Fsp3) is 0.229. The first-order valence-electron chi connectivity index (χ1n) is 14.2. The molecule has 1 aliphatic heterocycles. The Bertz CT molecular complexity index is 1570. The number of hydrogen-bond donors (Lipinski definition) is 1. The van der Waals surface area contributed by atoms with E-state index < -0.39 is 30.0 Å². The van der Waals surface area contributed by atoms with Gasteiger partial charge in [0.05, 0.1) is 12.0 Å². The van der Waals surface area contributed by atoms with Gasteiger partial charge < -0.3 is 10.1 Å². The van der Waals surface area contributed by atoms with Crippen molar-refractivity contribution >= 4 is 23.4 Å². The average molecular weight is 582 g/mol. The normalized spacial score (nSPS) is 16.5. The van der Waals surface area contributed by atoms with Crippen molar-refractivity contribution < 1.29 is 23.1 Å². The highest BCUT2D eigenvalue weighted by molar-refractivity contribution is 6.01. The van der Waals surface area contributed by atoms with E-state index >= 15 is 0 Å². The number of anilines is 1. The van der Waals surface area contributed by atoms with Crippen LogP contribution in [-0.4, -0.2) is 36.3 Å². The van der Waals surface area contributed by atoms with Crippen molar-refractivity contribution in [3.63, 3.8) is 0 Å². The maximum atomic E-state index is 14.6. The summed E-state index contributed by atoms with van der Waals surface area (Å²) >= 11 is 0. The van der Waals surface area contributed by atoms with Crippen molar-refractivity contribution in [2.45, 2.75) is 31.8 Å². The van der Waals surface area contributed by atoms with Crippen LogP contribution in [0.2, 0.25) is 0 Å². The van der Waals surface area contributed by atoms with Crippen molar-refractivity contribution in [3.8, 4) is 0 Å². The summed E-state index contributed by atoms with van der Waals surface area (Å²) in [6.07, 6.45) is -0.0116. The Hall–Kier alpha value is -4.85. The van der Waals surface area contributed by atoms with Gasteiger partial charge in [0, 0.05) is 18.4 Å². The summed E-state index contributed by atoms with van der Waals surface area (Å²) in [4.78, 5) is 33.4. The average Bonchev–Trinajstić information content (AvgIpc) is 3.42. The predicted octanol–water partition coefficient (Wildman–Crippen LogP) is 7.66. The molecular weight excluding hydrogens is 548 g/mol. The molecule has 5 rings (SSSR count). The summed E-state index contributed by atoms with van der Waals surface area (Å²) in [6, 6.07) is 28.0. The molecule has 8 heteroatoms. The van der Waals surface area contributed by atoms with Crippen molar-refractivity contribution in [1.29, 1.82) is 0 Å². The molecule has 3 atom stereocenters. The zero-order chi connectivity index (χ0) is 30.3. The predicted molar refractivity (Wildman–Crippen MR) is 163 cm³/mol. The Morgan fingerprint density at radius 1 is 0.930 bits per heavy atom. The van der Waals surface area contributed by atoms with Gasteiger partial charge in [-0.05, 0) is 72.9 Å². The molecule has 43 heavy (non-hydrogen) atoms. The van der Waals surface area contributed by atoms with Gasteiger partial charge in [0.25, 0.3) is 0 Å². The van der Waals surface area contributed by atoms with Gasteiger partial charge in [0.2, 0.25) is 5.91 Å². The Balaban J connectivity index is 1.55. The third-order valence-corrected chi connectivity index (χ3v) is 7.76. The van der Waals surface area contributed by atoms with E-state index in [1.165, 1.54) is 29.2 Å². The fourth-order valence-electron chi connectivity index (χ4n) is 5.43. The number of imide groups is 1. The number of aryl methyl sites for hydroxylation is 1. The number of nitrogens with one attached hydrogen (secondary N) is 1. The van der Waals surface area contributed by atoms with Gasteiger partial charge in [-0.2, -0.15) is 0 Å². The summed E-state index contributed by atoms with van der Waals surface area (Å²) < 4.78 is 32.8. The zero-order valence-corrected chi connectivity index (χ0v) is 24.0. The third kappa shape index (κ3) is 6.97. The molecule has 1 saturated heterocycles. The largest absolute Gasteiger partial charge is 0.446 e. The molecule has 1 N–H and O–H groups in total. The quantitative estimate of drug-likeness (QED) is 0.195. The van der Waals surface area contributed by atoms with Crippen LogP contribution in [0.4, 0.5) is 19.3 Å². The lowest BCUT2D eigenvalue weighted by Gasteiger charge is -2.32. The van der Waals surface area contributed by atoms with Crippen molar-refractivity contribution in [2.75, 3.05) is 19.0 Å². The standard InChI is InChI=1S/C35H33F2N3O3/c1-23-8-10-26(11-9-23)33(39-29-18-16-28(37)17-19-29)30(20-21-31(38-2)24-12-14-27(36)15-13-24)34(41)40-32(22-43-35(40)42)25-6-4-3-5-7-25/h3-19,30,32-33,39H,20-22H2,1-2H3/b38-31-/t30?,32-,33?/m1/s1. The van der Waals surface area contributed by atoms with E-state index in [1.807, 2.05) is 61.5 Å². The number of aliphatic imine (C=N–C) groups is 1. The fourth-order valence-corrected chi connectivity index (χ4v) is 5.43. The topological polar surface area (TPSA) is 71.0 Å². The molecule has 0 radical (unpaired) electrons. The van der Waals surface area contributed by atoms with Crippen molar-refractivity contribution in [3.05, 3.63) is 137 Å². The molecule has 2 amide bonds. The summed E-state index contributed by atoms with van der Waals surface area (Å²) in [7, 11) is 1.66.